The van der Waals surface area contributed by atoms with Crippen LogP contribution in [0.25, 0.3) is 0 Å². The highest BCUT2D eigenvalue weighted by molar-refractivity contribution is 7.89. The van der Waals surface area contributed by atoms with Gasteiger partial charge in [0.15, 0.2) is 11.5 Å². The van der Waals surface area contributed by atoms with Crippen molar-refractivity contribution in [2.24, 2.45) is 0 Å². The summed E-state index contributed by atoms with van der Waals surface area (Å²) in [4.78, 5) is 12.8. The number of aryl methyl sites for hydroxylation is 1. The molecule has 0 aromatic heterocycles. The predicted octanol–water partition coefficient (Wildman–Crippen LogP) is 4.06. The number of benzene rings is 2. The molecule has 0 saturated heterocycles. The van der Waals surface area contributed by atoms with Crippen LogP contribution in [0.3, 0.4) is 0 Å². The summed E-state index contributed by atoms with van der Waals surface area (Å²) in [6, 6.07) is 7.90. The van der Waals surface area contributed by atoms with Crippen LogP contribution in [0.15, 0.2) is 35.2 Å². The molecule has 0 saturated carbocycles. The zero-order valence-corrected chi connectivity index (χ0v) is 20.2. The summed E-state index contributed by atoms with van der Waals surface area (Å²) in [5, 5.41) is 3.18. The summed E-state index contributed by atoms with van der Waals surface area (Å²) in [5.74, 6) is 0.521. The maximum atomic E-state index is 12.8. The smallest absolute Gasteiger partial charge is 0.251 e. The van der Waals surface area contributed by atoms with Gasteiger partial charge in [-0.2, -0.15) is 0 Å². The lowest BCUT2D eigenvalue weighted by molar-refractivity contribution is 0.0950. The van der Waals surface area contributed by atoms with Crippen molar-refractivity contribution in [3.05, 3.63) is 52.0 Å². The first kappa shape index (κ1) is 25.0. The molecular formula is C22H29ClN2O5S. The van der Waals surface area contributed by atoms with Crippen LogP contribution < -0.4 is 19.5 Å². The van der Waals surface area contributed by atoms with E-state index in [1.807, 2.05) is 6.92 Å². The molecule has 0 unspecified atom stereocenters. The second kappa shape index (κ2) is 9.89. The van der Waals surface area contributed by atoms with Crippen molar-refractivity contribution in [2.75, 3.05) is 13.7 Å². The van der Waals surface area contributed by atoms with Gasteiger partial charge in [-0.25, -0.2) is 13.1 Å². The maximum absolute atomic E-state index is 12.8. The minimum Gasteiger partial charge on any atom is -0.493 e. The Labute approximate surface area is 189 Å². The topological polar surface area (TPSA) is 93.7 Å². The van der Waals surface area contributed by atoms with E-state index in [1.165, 1.54) is 19.2 Å². The van der Waals surface area contributed by atoms with Crippen molar-refractivity contribution in [3.63, 3.8) is 0 Å². The molecule has 2 N–H and O–H groups in total. The van der Waals surface area contributed by atoms with Gasteiger partial charge in [-0.05, 0) is 70.0 Å². The summed E-state index contributed by atoms with van der Waals surface area (Å²) < 4.78 is 38.7. The molecule has 0 spiro atoms. The third-order valence-corrected chi connectivity index (χ3v) is 6.27. The molecule has 170 valence electrons. The highest BCUT2D eigenvalue weighted by Crippen LogP contribution is 2.36. The van der Waals surface area contributed by atoms with Gasteiger partial charge in [0.05, 0.1) is 23.6 Å². The number of hydrogen-bond donors (Lipinski definition) is 2. The molecule has 31 heavy (non-hydrogen) atoms. The molecule has 0 atom stereocenters. The fourth-order valence-electron chi connectivity index (χ4n) is 2.91. The molecule has 2 aromatic carbocycles. The highest BCUT2D eigenvalue weighted by Gasteiger charge is 2.23. The van der Waals surface area contributed by atoms with Gasteiger partial charge in [0.25, 0.3) is 5.91 Å². The predicted molar refractivity (Wildman–Crippen MR) is 122 cm³/mol. The number of methoxy groups -OCH3 is 1. The Morgan fingerprint density at radius 3 is 2.42 bits per heavy atom. The number of rotatable bonds is 8. The van der Waals surface area contributed by atoms with E-state index in [-0.39, 0.29) is 17.0 Å². The first-order chi connectivity index (χ1) is 14.4. The van der Waals surface area contributed by atoms with Crippen LogP contribution >= 0.6 is 11.6 Å². The molecule has 0 fully saturated rings. The molecule has 1 amide bonds. The fourth-order valence-corrected chi connectivity index (χ4v) is 4.64. The Balaban J connectivity index is 2.24. The van der Waals surface area contributed by atoms with Crippen LogP contribution in [-0.2, 0) is 16.6 Å². The quantitative estimate of drug-likeness (QED) is 0.609. The Morgan fingerprint density at radius 2 is 1.84 bits per heavy atom. The third kappa shape index (κ3) is 6.59. The summed E-state index contributed by atoms with van der Waals surface area (Å²) in [7, 11) is -2.25. The van der Waals surface area contributed by atoms with Crippen molar-refractivity contribution in [3.8, 4) is 11.5 Å². The first-order valence-corrected chi connectivity index (χ1v) is 11.7. The van der Waals surface area contributed by atoms with Crippen LogP contribution in [0.5, 0.6) is 11.5 Å². The molecule has 0 aliphatic carbocycles. The minimum absolute atomic E-state index is 0.0314. The summed E-state index contributed by atoms with van der Waals surface area (Å²) in [6.07, 6.45) is 0. The van der Waals surface area contributed by atoms with Gasteiger partial charge in [-0.3, -0.25) is 4.79 Å². The minimum atomic E-state index is -3.76. The summed E-state index contributed by atoms with van der Waals surface area (Å²) >= 11 is 6.28. The number of sulfonamides is 1. The number of halogens is 1. The molecule has 9 heteroatoms. The molecule has 0 radical (unpaired) electrons. The molecule has 7 nitrogen and oxygen atoms in total. The van der Waals surface area contributed by atoms with Crippen molar-refractivity contribution < 1.29 is 22.7 Å². The second-order valence-electron chi connectivity index (χ2n) is 8.06. The van der Waals surface area contributed by atoms with Crippen LogP contribution in [0, 0.1) is 6.92 Å². The zero-order valence-electron chi connectivity index (χ0n) is 18.6. The van der Waals surface area contributed by atoms with E-state index in [9.17, 15) is 13.2 Å². The number of ether oxygens (including phenoxy) is 2. The third-order valence-electron chi connectivity index (χ3n) is 4.24. The normalized spacial score (nSPS) is 11.8. The summed E-state index contributed by atoms with van der Waals surface area (Å²) in [5.41, 5.74) is 1.02. The van der Waals surface area contributed by atoms with E-state index in [1.54, 1.807) is 45.9 Å². The van der Waals surface area contributed by atoms with Crippen LogP contribution in [-0.4, -0.2) is 33.6 Å². The second-order valence-corrected chi connectivity index (χ2v) is 10.1. The van der Waals surface area contributed by atoms with E-state index in [0.29, 0.717) is 28.7 Å². The Hall–Kier alpha value is -2.29. The fraction of sp³-hybridized carbons (Fsp3) is 0.409. The largest absolute Gasteiger partial charge is 0.493 e. The first-order valence-electron chi connectivity index (χ1n) is 9.80. The van der Waals surface area contributed by atoms with Gasteiger partial charge in [0, 0.05) is 17.6 Å². The summed E-state index contributed by atoms with van der Waals surface area (Å²) in [6.45, 7) is 9.47. The molecule has 0 aliphatic heterocycles. The maximum Gasteiger partial charge on any atom is 0.251 e. The highest BCUT2D eigenvalue weighted by atomic mass is 35.5. The van der Waals surface area contributed by atoms with Crippen LogP contribution in [0.2, 0.25) is 5.02 Å². The number of nitrogens with one attached hydrogen (secondary N) is 2. The Kier molecular flexibility index (Phi) is 7.97. The number of carbonyl (C=O) groups is 1. The van der Waals surface area contributed by atoms with Gasteiger partial charge in [0.2, 0.25) is 10.0 Å². The Bertz CT molecular complexity index is 1060. The van der Waals surface area contributed by atoms with E-state index in [0.717, 1.165) is 5.56 Å². The molecular weight excluding hydrogens is 440 g/mol. The Morgan fingerprint density at radius 1 is 1.16 bits per heavy atom. The monoisotopic (exact) mass is 468 g/mol. The lowest BCUT2D eigenvalue weighted by Gasteiger charge is -2.20. The van der Waals surface area contributed by atoms with Crippen molar-refractivity contribution in [2.45, 2.75) is 51.6 Å². The van der Waals surface area contributed by atoms with Crippen molar-refractivity contribution in [1.82, 2.24) is 10.0 Å². The molecule has 0 bridgehead atoms. The molecule has 0 aliphatic rings. The van der Waals surface area contributed by atoms with E-state index >= 15 is 0 Å². The van der Waals surface area contributed by atoms with Crippen molar-refractivity contribution >= 4 is 27.5 Å². The number of hydrogen-bond acceptors (Lipinski definition) is 5. The average Bonchev–Trinajstić information content (AvgIpc) is 2.66. The molecule has 2 rings (SSSR count). The van der Waals surface area contributed by atoms with E-state index < -0.39 is 21.5 Å². The average molecular weight is 469 g/mol. The SMILES string of the molecule is CCOc1c(Cl)cc(CNC(=O)c2cc(S(=O)(=O)NC(C)(C)C)ccc2C)cc1OC. The van der Waals surface area contributed by atoms with E-state index in [2.05, 4.69) is 10.0 Å². The van der Waals surface area contributed by atoms with Gasteiger partial charge >= 0.3 is 0 Å². The number of carbonyl (C=O) groups excluding carboxylic acids is 1. The lowest BCUT2D eigenvalue weighted by Crippen LogP contribution is -2.40. The van der Waals surface area contributed by atoms with Gasteiger partial charge in [-0.1, -0.05) is 17.7 Å². The van der Waals surface area contributed by atoms with Gasteiger partial charge in [-0.15, -0.1) is 0 Å². The number of amides is 1. The van der Waals surface area contributed by atoms with Gasteiger partial charge < -0.3 is 14.8 Å². The zero-order chi connectivity index (χ0) is 23.4. The standard InChI is InChI=1S/C22H29ClN2O5S/c1-7-30-20-18(23)10-15(11-19(20)29-6)13-24-21(26)17-12-16(9-8-14(17)2)31(27,28)25-22(3,4)5/h8-12,25H,7,13H2,1-6H3,(H,24,26). The lowest BCUT2D eigenvalue weighted by atomic mass is 10.1. The molecule has 0 heterocycles. The van der Waals surface area contributed by atoms with Crippen LogP contribution in [0.4, 0.5) is 0 Å². The van der Waals surface area contributed by atoms with Crippen molar-refractivity contribution in [1.29, 1.82) is 0 Å². The molecule has 2 aromatic rings. The van der Waals surface area contributed by atoms with E-state index in [4.69, 9.17) is 21.1 Å². The van der Waals surface area contributed by atoms with Gasteiger partial charge in [0.1, 0.15) is 0 Å². The van der Waals surface area contributed by atoms with Crippen LogP contribution in [0.1, 0.15) is 49.2 Å².